The molecule has 0 aromatic rings. The molecule has 3 rings (SSSR count). The lowest BCUT2D eigenvalue weighted by molar-refractivity contribution is -0.142. The molecule has 8 nitrogen and oxygen atoms in total. The van der Waals surface area contributed by atoms with Crippen molar-refractivity contribution < 1.29 is 28.6 Å². The molecule has 44 heavy (non-hydrogen) atoms. The average Bonchev–Trinajstić information content (AvgIpc) is 2.93. The number of amides is 2. The first-order valence-electron chi connectivity index (χ1n) is 15.5. The molecule has 0 saturated heterocycles. The number of hydrogen-bond donors (Lipinski definition) is 2. The van der Waals surface area contributed by atoms with Crippen LogP contribution < -0.4 is 11.1 Å². The van der Waals surface area contributed by atoms with E-state index in [0.29, 0.717) is 6.42 Å². The Balaban J connectivity index is 2.07. The zero-order valence-electron chi connectivity index (χ0n) is 27.4. The third-order valence-electron chi connectivity index (χ3n) is 9.08. The minimum atomic E-state index is -0.772. The van der Waals surface area contributed by atoms with E-state index in [9.17, 15) is 14.4 Å². The van der Waals surface area contributed by atoms with Gasteiger partial charge in [-0.05, 0) is 51.0 Å². The summed E-state index contributed by atoms with van der Waals surface area (Å²) in [5.74, 6) is -0.501. The van der Waals surface area contributed by atoms with Crippen LogP contribution in [0.1, 0.15) is 61.3 Å². The molecular weight excluding hydrogens is 556 g/mol. The number of carbonyl (C=O) groups excluding carboxylic acids is 3. The lowest BCUT2D eigenvalue weighted by Gasteiger charge is -2.51. The molecule has 0 spiro atoms. The summed E-state index contributed by atoms with van der Waals surface area (Å²) >= 11 is 0. The number of allylic oxidation sites excluding steroid dienone is 9. The lowest BCUT2D eigenvalue weighted by atomic mass is 9.55. The van der Waals surface area contributed by atoms with Gasteiger partial charge in [-0.3, -0.25) is 4.79 Å². The molecule has 240 valence electrons. The highest BCUT2D eigenvalue weighted by Gasteiger charge is 2.50. The van der Waals surface area contributed by atoms with E-state index in [0.717, 1.165) is 23.1 Å². The second kappa shape index (κ2) is 15.4. The maximum Gasteiger partial charge on any atom is 0.404 e. The zero-order chi connectivity index (χ0) is 32.6. The topological polar surface area (TPSA) is 117 Å². The van der Waals surface area contributed by atoms with Crippen molar-refractivity contribution in [3.8, 4) is 0 Å². The van der Waals surface area contributed by atoms with Crippen molar-refractivity contribution in [2.24, 2.45) is 34.8 Å². The molecule has 0 aromatic heterocycles. The molecule has 3 N–H and O–H groups in total. The van der Waals surface area contributed by atoms with E-state index in [1.165, 1.54) is 13.0 Å². The third kappa shape index (κ3) is 9.18. The number of ether oxygens (including phenoxy) is 3. The summed E-state index contributed by atoms with van der Waals surface area (Å²) in [6, 6.07) is -0.206. The Morgan fingerprint density at radius 1 is 1.11 bits per heavy atom. The largest absolute Gasteiger partial charge is 0.454 e. The van der Waals surface area contributed by atoms with E-state index in [1.54, 1.807) is 13.2 Å². The minimum absolute atomic E-state index is 0.00372. The molecule has 0 bridgehead atoms. The van der Waals surface area contributed by atoms with Crippen molar-refractivity contribution in [1.82, 2.24) is 5.32 Å². The predicted octanol–water partition coefficient (Wildman–Crippen LogP) is 6.28. The Bertz CT molecular complexity index is 1290. The highest BCUT2D eigenvalue weighted by Crippen LogP contribution is 2.53. The van der Waals surface area contributed by atoms with Gasteiger partial charge in [0.1, 0.15) is 12.2 Å². The van der Waals surface area contributed by atoms with Gasteiger partial charge in [0.05, 0.1) is 6.10 Å². The molecule has 1 aliphatic heterocycles. The molecule has 1 saturated carbocycles. The smallest absolute Gasteiger partial charge is 0.404 e. The summed E-state index contributed by atoms with van der Waals surface area (Å²) < 4.78 is 17.4. The van der Waals surface area contributed by atoms with Gasteiger partial charge < -0.3 is 25.3 Å². The number of rotatable bonds is 5. The number of primary amides is 1. The number of nitrogens with one attached hydrogen (secondary N) is 1. The number of fused-ring (bicyclic) bond motifs is 3. The highest BCUT2D eigenvalue weighted by atomic mass is 16.6. The van der Waals surface area contributed by atoms with E-state index in [2.05, 4.69) is 61.7 Å². The standard InChI is InChI=1S/C36H50N2O6/c1-22-10-9-11-33(40)44-34(25(4)19-26(5)38-27(6)39)24(3)13-12-23(2)18-28-14-15-30-31(36(28,7)17-16-22)20-29(42-8)21-32(30)43-35(37)41/h9-19,24,26,28-32,34H,20-21H2,1-8H3,(H2,37,41)(H,38,39)/t24-,26-,28-,29+,30-,31-,32+,34-,36+/m1/s1. The average molecular weight is 607 g/mol. The number of carbonyl (C=O) groups is 3. The first kappa shape index (κ1) is 34.8. The van der Waals surface area contributed by atoms with Crippen LogP contribution in [0.4, 0.5) is 4.79 Å². The van der Waals surface area contributed by atoms with Crippen LogP contribution in [0, 0.1) is 29.1 Å². The number of cyclic esters (lactones) is 1. The second-order valence-corrected chi connectivity index (χ2v) is 12.8. The highest BCUT2D eigenvalue weighted by molar-refractivity contribution is 5.82. The van der Waals surface area contributed by atoms with Crippen LogP contribution in [-0.2, 0) is 23.8 Å². The third-order valence-corrected chi connectivity index (χ3v) is 9.08. The summed E-state index contributed by atoms with van der Waals surface area (Å²) in [4.78, 5) is 36.2. The van der Waals surface area contributed by atoms with E-state index in [4.69, 9.17) is 19.9 Å². The van der Waals surface area contributed by atoms with Crippen LogP contribution in [-0.4, -0.2) is 49.4 Å². The lowest BCUT2D eigenvalue weighted by Crippen LogP contribution is -2.50. The van der Waals surface area contributed by atoms with Gasteiger partial charge >= 0.3 is 12.1 Å². The fraction of sp³-hybridized carbons (Fsp3) is 0.528. The van der Waals surface area contributed by atoms with Gasteiger partial charge in [0, 0.05) is 50.3 Å². The Hall–Kier alpha value is -3.65. The maximum absolute atomic E-state index is 12.9. The Morgan fingerprint density at radius 3 is 2.50 bits per heavy atom. The summed E-state index contributed by atoms with van der Waals surface area (Å²) in [7, 11) is 1.70. The molecular formula is C36H50N2O6. The molecule has 2 aliphatic carbocycles. The molecule has 0 unspecified atom stereocenters. The van der Waals surface area contributed by atoms with Crippen LogP contribution in [0.5, 0.6) is 0 Å². The zero-order valence-corrected chi connectivity index (χ0v) is 27.4. The molecule has 3 aliphatic rings. The van der Waals surface area contributed by atoms with Crippen molar-refractivity contribution >= 4 is 18.0 Å². The second-order valence-electron chi connectivity index (χ2n) is 12.8. The predicted molar refractivity (Wildman–Crippen MR) is 173 cm³/mol. The van der Waals surface area contributed by atoms with Crippen LogP contribution in [0.15, 0.2) is 83.6 Å². The molecule has 1 heterocycles. The van der Waals surface area contributed by atoms with E-state index in [1.807, 2.05) is 39.8 Å². The van der Waals surface area contributed by atoms with Crippen molar-refractivity contribution in [1.29, 1.82) is 0 Å². The number of nitrogens with two attached hydrogens (primary N) is 1. The summed E-state index contributed by atoms with van der Waals surface area (Å²) in [6.45, 7) is 13.6. The fourth-order valence-corrected chi connectivity index (χ4v) is 6.80. The first-order chi connectivity index (χ1) is 20.7. The van der Waals surface area contributed by atoms with Crippen LogP contribution in [0.3, 0.4) is 0 Å². The van der Waals surface area contributed by atoms with Crippen molar-refractivity contribution in [3.63, 3.8) is 0 Å². The number of esters is 1. The first-order valence-corrected chi connectivity index (χ1v) is 15.5. The van der Waals surface area contributed by atoms with Gasteiger partial charge in [-0.2, -0.15) is 0 Å². The van der Waals surface area contributed by atoms with Gasteiger partial charge in [0.2, 0.25) is 5.91 Å². The van der Waals surface area contributed by atoms with Crippen molar-refractivity contribution in [3.05, 3.63) is 83.6 Å². The molecule has 0 aromatic carbocycles. The normalized spacial score (nSPS) is 33.7. The molecule has 1 fully saturated rings. The molecule has 9 atom stereocenters. The van der Waals surface area contributed by atoms with Crippen molar-refractivity contribution in [2.45, 2.75) is 85.7 Å². The molecule has 0 radical (unpaired) electrons. The van der Waals surface area contributed by atoms with Gasteiger partial charge in [0.15, 0.2) is 0 Å². The van der Waals surface area contributed by atoms with E-state index >= 15 is 0 Å². The Morgan fingerprint density at radius 2 is 1.84 bits per heavy atom. The monoisotopic (exact) mass is 606 g/mol. The van der Waals surface area contributed by atoms with Crippen LogP contribution in [0.2, 0.25) is 0 Å². The van der Waals surface area contributed by atoms with Gasteiger partial charge in [-0.15, -0.1) is 0 Å². The Labute approximate surface area is 262 Å². The van der Waals surface area contributed by atoms with E-state index < -0.39 is 18.2 Å². The maximum atomic E-state index is 12.9. The quantitative estimate of drug-likeness (QED) is 0.281. The van der Waals surface area contributed by atoms with Crippen molar-refractivity contribution in [2.75, 3.05) is 7.11 Å². The molecule has 8 heteroatoms. The van der Waals surface area contributed by atoms with Gasteiger partial charge in [-0.25, -0.2) is 9.59 Å². The fourth-order valence-electron chi connectivity index (χ4n) is 6.80. The van der Waals surface area contributed by atoms with Gasteiger partial charge in [0.25, 0.3) is 0 Å². The van der Waals surface area contributed by atoms with E-state index in [-0.39, 0.29) is 53.2 Å². The minimum Gasteiger partial charge on any atom is -0.454 e. The van der Waals surface area contributed by atoms with Gasteiger partial charge in [-0.1, -0.05) is 85.8 Å². The van der Waals surface area contributed by atoms with Crippen LogP contribution >= 0.6 is 0 Å². The molecule has 2 amide bonds. The Kier molecular flexibility index (Phi) is 12.2. The summed E-state index contributed by atoms with van der Waals surface area (Å²) in [5.41, 5.74) is 8.05. The SMILES string of the molecule is CO[C@@H]1C[C@H](OC(N)=O)[C@@H]2C=C[C@@H]3C=C(C)C=C[C@@H](C)[C@H](C(C)=C[C@@H](C)NC(C)=O)OC(=O)C=CC=C(C)C=C[C@]3(C)[C@@H]2C1. The summed E-state index contributed by atoms with van der Waals surface area (Å²) in [6.07, 6.45) is 21.8. The number of methoxy groups -OCH3 is 1. The van der Waals surface area contributed by atoms with Crippen LogP contribution in [0.25, 0.3) is 0 Å². The summed E-state index contributed by atoms with van der Waals surface area (Å²) in [5, 5.41) is 2.86. The number of hydrogen-bond acceptors (Lipinski definition) is 6.